The van der Waals surface area contributed by atoms with Gasteiger partial charge in [-0.15, -0.1) is 0 Å². The van der Waals surface area contributed by atoms with Gasteiger partial charge in [-0.25, -0.2) is 8.42 Å². The highest BCUT2D eigenvalue weighted by Gasteiger charge is 2.27. The number of rotatable bonds is 9. The highest BCUT2D eigenvalue weighted by Crippen LogP contribution is 2.18. The lowest BCUT2D eigenvalue weighted by molar-refractivity contribution is -0.121. The molecule has 1 aliphatic rings. The van der Waals surface area contributed by atoms with E-state index >= 15 is 0 Å². The van der Waals surface area contributed by atoms with Gasteiger partial charge in [0.2, 0.25) is 15.9 Å². The molecule has 0 bridgehead atoms. The van der Waals surface area contributed by atoms with Crippen molar-refractivity contribution in [1.29, 1.82) is 0 Å². The summed E-state index contributed by atoms with van der Waals surface area (Å²) in [6, 6.07) is 14.6. The van der Waals surface area contributed by atoms with Gasteiger partial charge in [0.15, 0.2) is 0 Å². The van der Waals surface area contributed by atoms with Crippen LogP contribution in [0.4, 0.5) is 0 Å². The topological polar surface area (TPSA) is 78.9 Å². The van der Waals surface area contributed by atoms with E-state index in [0.717, 1.165) is 30.8 Å². The first-order valence-electron chi connectivity index (χ1n) is 10.6. The van der Waals surface area contributed by atoms with Gasteiger partial charge >= 0.3 is 0 Å². The molecule has 0 spiro atoms. The fraction of sp³-hybridized carbons (Fsp3) is 0.435. The SMILES string of the molecule is CCc1ccc(OCCC(=O)NCc2ccc(S(=O)(=O)N3CCN(C)CC3)cc2)cc1. The van der Waals surface area contributed by atoms with Crippen molar-refractivity contribution in [3.63, 3.8) is 0 Å². The summed E-state index contributed by atoms with van der Waals surface area (Å²) < 4.78 is 32.7. The monoisotopic (exact) mass is 445 g/mol. The zero-order chi connectivity index (χ0) is 22.3. The molecule has 3 rings (SSSR count). The highest BCUT2D eigenvalue weighted by atomic mass is 32.2. The van der Waals surface area contributed by atoms with E-state index in [1.54, 1.807) is 24.3 Å². The number of likely N-dealkylation sites (N-methyl/N-ethyl adjacent to an activating group) is 1. The van der Waals surface area contributed by atoms with Crippen LogP contribution in [0.5, 0.6) is 5.75 Å². The number of nitrogens with zero attached hydrogens (tertiary/aromatic N) is 2. The Hall–Kier alpha value is -2.42. The van der Waals surface area contributed by atoms with E-state index in [2.05, 4.69) is 17.1 Å². The number of ether oxygens (including phenoxy) is 1. The van der Waals surface area contributed by atoms with Gasteiger partial charge in [0.05, 0.1) is 17.9 Å². The third-order valence-electron chi connectivity index (χ3n) is 5.44. The van der Waals surface area contributed by atoms with Crippen LogP contribution in [0.1, 0.15) is 24.5 Å². The largest absolute Gasteiger partial charge is 0.493 e. The lowest BCUT2D eigenvalue weighted by Gasteiger charge is -2.31. The molecule has 1 N–H and O–H groups in total. The van der Waals surface area contributed by atoms with E-state index in [-0.39, 0.29) is 17.2 Å². The number of hydrogen-bond donors (Lipinski definition) is 1. The van der Waals surface area contributed by atoms with Crippen molar-refractivity contribution in [2.45, 2.75) is 31.2 Å². The molecular weight excluding hydrogens is 414 g/mol. The zero-order valence-electron chi connectivity index (χ0n) is 18.2. The predicted octanol–water partition coefficient (Wildman–Crippen LogP) is 2.27. The maximum atomic E-state index is 12.8. The third-order valence-corrected chi connectivity index (χ3v) is 7.36. The molecule has 1 heterocycles. The van der Waals surface area contributed by atoms with Crippen LogP contribution in [-0.4, -0.2) is 63.4 Å². The summed E-state index contributed by atoms with van der Waals surface area (Å²) in [6.07, 6.45) is 1.23. The molecule has 2 aromatic rings. The Morgan fingerprint density at radius 1 is 0.968 bits per heavy atom. The molecule has 0 aliphatic carbocycles. The van der Waals surface area contributed by atoms with E-state index in [4.69, 9.17) is 4.74 Å². The van der Waals surface area contributed by atoms with E-state index in [1.165, 1.54) is 9.87 Å². The van der Waals surface area contributed by atoms with Gasteiger partial charge in [-0.2, -0.15) is 4.31 Å². The molecule has 31 heavy (non-hydrogen) atoms. The first-order valence-corrected chi connectivity index (χ1v) is 12.1. The Morgan fingerprint density at radius 2 is 1.58 bits per heavy atom. The smallest absolute Gasteiger partial charge is 0.243 e. The molecule has 1 amide bonds. The van der Waals surface area contributed by atoms with Gasteiger partial charge in [-0.3, -0.25) is 4.79 Å². The quantitative estimate of drug-likeness (QED) is 0.641. The molecule has 8 heteroatoms. The molecule has 0 aromatic heterocycles. The van der Waals surface area contributed by atoms with Gasteiger partial charge in [0.25, 0.3) is 0 Å². The Bertz CT molecular complexity index is 951. The number of piperazine rings is 1. The van der Waals surface area contributed by atoms with Gasteiger partial charge in [0, 0.05) is 32.7 Å². The Balaban J connectivity index is 1.43. The summed E-state index contributed by atoms with van der Waals surface area (Å²) in [5, 5.41) is 2.85. The second-order valence-electron chi connectivity index (χ2n) is 7.72. The lowest BCUT2D eigenvalue weighted by Crippen LogP contribution is -2.47. The molecule has 0 atom stereocenters. The zero-order valence-corrected chi connectivity index (χ0v) is 19.0. The molecule has 1 aliphatic heterocycles. The standard InChI is InChI=1S/C23H31N3O4S/c1-3-19-4-8-21(9-5-19)30-17-12-23(27)24-18-20-6-10-22(11-7-20)31(28,29)26-15-13-25(2)14-16-26/h4-11H,3,12-18H2,1-2H3,(H,24,27). The van der Waals surface area contributed by atoms with Crippen LogP contribution in [-0.2, 0) is 27.8 Å². The van der Waals surface area contributed by atoms with Gasteiger partial charge in [-0.1, -0.05) is 31.2 Å². The number of carbonyl (C=O) groups is 1. The van der Waals surface area contributed by atoms with E-state index in [1.807, 2.05) is 31.3 Å². The number of sulfonamides is 1. The van der Waals surface area contributed by atoms with Crippen LogP contribution in [0.2, 0.25) is 0 Å². The lowest BCUT2D eigenvalue weighted by atomic mass is 10.2. The number of benzene rings is 2. The summed E-state index contributed by atoms with van der Waals surface area (Å²) in [7, 11) is -1.48. The maximum absolute atomic E-state index is 12.8. The first kappa shape index (κ1) is 23.2. The summed E-state index contributed by atoms with van der Waals surface area (Å²) in [4.78, 5) is 14.5. The Labute approximate surface area is 185 Å². The van der Waals surface area contributed by atoms with Gasteiger partial charge < -0.3 is 15.0 Å². The fourth-order valence-electron chi connectivity index (χ4n) is 3.33. The first-order chi connectivity index (χ1) is 14.9. The minimum Gasteiger partial charge on any atom is -0.493 e. The summed E-state index contributed by atoms with van der Waals surface area (Å²) in [5.74, 6) is 0.640. The highest BCUT2D eigenvalue weighted by molar-refractivity contribution is 7.89. The molecule has 1 fully saturated rings. The van der Waals surface area contributed by atoms with Crippen LogP contribution < -0.4 is 10.1 Å². The van der Waals surface area contributed by atoms with E-state index in [9.17, 15) is 13.2 Å². The number of nitrogens with one attached hydrogen (secondary N) is 1. The average Bonchev–Trinajstić information content (AvgIpc) is 2.79. The number of amides is 1. The molecule has 2 aromatic carbocycles. The van der Waals surface area contributed by atoms with Crippen molar-refractivity contribution < 1.29 is 17.9 Å². The number of aryl methyl sites for hydroxylation is 1. The second kappa shape index (κ2) is 10.7. The van der Waals surface area contributed by atoms with Gasteiger partial charge in [-0.05, 0) is 48.9 Å². The number of hydrogen-bond acceptors (Lipinski definition) is 5. The summed E-state index contributed by atoms with van der Waals surface area (Å²) >= 11 is 0. The van der Waals surface area contributed by atoms with Crippen LogP contribution >= 0.6 is 0 Å². The Morgan fingerprint density at radius 3 is 2.19 bits per heavy atom. The Kier molecular flexibility index (Phi) is 8.06. The van der Waals surface area contributed by atoms with Crippen molar-refractivity contribution in [3.8, 4) is 5.75 Å². The minimum atomic E-state index is -3.47. The van der Waals surface area contributed by atoms with E-state index < -0.39 is 10.0 Å². The predicted molar refractivity (Wildman–Crippen MR) is 120 cm³/mol. The minimum absolute atomic E-state index is 0.112. The van der Waals surface area contributed by atoms with Crippen molar-refractivity contribution >= 4 is 15.9 Å². The molecular formula is C23H31N3O4S. The molecule has 1 saturated heterocycles. The van der Waals surface area contributed by atoms with Crippen molar-refractivity contribution in [2.24, 2.45) is 0 Å². The second-order valence-corrected chi connectivity index (χ2v) is 9.66. The maximum Gasteiger partial charge on any atom is 0.243 e. The van der Waals surface area contributed by atoms with Crippen molar-refractivity contribution in [2.75, 3.05) is 39.8 Å². The molecule has 7 nitrogen and oxygen atoms in total. The van der Waals surface area contributed by atoms with Crippen LogP contribution in [0, 0.1) is 0 Å². The van der Waals surface area contributed by atoms with Gasteiger partial charge in [0.1, 0.15) is 5.75 Å². The number of carbonyl (C=O) groups excluding carboxylic acids is 1. The summed E-state index contributed by atoms with van der Waals surface area (Å²) in [6.45, 7) is 5.22. The molecule has 0 unspecified atom stereocenters. The molecule has 168 valence electrons. The van der Waals surface area contributed by atoms with Crippen LogP contribution in [0.25, 0.3) is 0 Å². The molecule has 0 saturated carbocycles. The average molecular weight is 446 g/mol. The molecule has 0 radical (unpaired) electrons. The summed E-state index contributed by atoms with van der Waals surface area (Å²) in [5.41, 5.74) is 2.09. The van der Waals surface area contributed by atoms with Crippen LogP contribution in [0.15, 0.2) is 53.4 Å². The van der Waals surface area contributed by atoms with Crippen molar-refractivity contribution in [3.05, 3.63) is 59.7 Å². The van der Waals surface area contributed by atoms with Crippen LogP contribution in [0.3, 0.4) is 0 Å². The third kappa shape index (κ3) is 6.53. The van der Waals surface area contributed by atoms with Crippen molar-refractivity contribution in [1.82, 2.24) is 14.5 Å². The normalized spacial score (nSPS) is 15.5. The van der Waals surface area contributed by atoms with E-state index in [0.29, 0.717) is 26.2 Å². The fourth-order valence-corrected chi connectivity index (χ4v) is 4.75.